The van der Waals surface area contributed by atoms with Gasteiger partial charge in [-0.25, -0.2) is 9.18 Å². The number of ether oxygens (including phenoxy) is 1. The Labute approximate surface area is 117 Å². The van der Waals surface area contributed by atoms with Crippen molar-refractivity contribution in [3.05, 3.63) is 43.5 Å². The topological polar surface area (TPSA) is 133 Å². The fourth-order valence-electron chi connectivity index (χ4n) is 2.35. The van der Waals surface area contributed by atoms with Gasteiger partial charge in [0.05, 0.1) is 13.2 Å². The second kappa shape index (κ2) is 5.68. The zero-order valence-electron chi connectivity index (χ0n) is 11.1. The summed E-state index contributed by atoms with van der Waals surface area (Å²) in [7, 11) is 0. The Hall–Kier alpha value is -2.16. The third-order valence-electron chi connectivity index (χ3n) is 3.73. The van der Waals surface area contributed by atoms with E-state index in [9.17, 15) is 19.1 Å². The first-order chi connectivity index (χ1) is 9.95. The molecule has 0 amide bonds. The van der Waals surface area contributed by atoms with E-state index in [0.29, 0.717) is 0 Å². The monoisotopic (exact) mass is 299 g/mol. The fourth-order valence-corrected chi connectivity index (χ4v) is 2.35. The van der Waals surface area contributed by atoms with Gasteiger partial charge in [0.25, 0.3) is 5.56 Å². The second-order valence-electron chi connectivity index (χ2n) is 4.87. The Morgan fingerprint density at radius 2 is 2.38 bits per heavy atom. The molecule has 0 radical (unpaired) electrons. The normalized spacial score (nSPS) is 31.9. The molecule has 2 N–H and O–H groups in total. The summed E-state index contributed by atoms with van der Waals surface area (Å²) >= 11 is 0. The maximum atomic E-state index is 14.4. The first-order valence-electron chi connectivity index (χ1n) is 6.20. The molecule has 114 valence electrons. The van der Waals surface area contributed by atoms with Crippen LogP contribution in [0.5, 0.6) is 0 Å². The zero-order chi connectivity index (χ0) is 15.6. The molecule has 0 saturated carbocycles. The number of H-pyrrole nitrogens is 1. The van der Waals surface area contributed by atoms with Crippen molar-refractivity contribution in [2.45, 2.75) is 24.9 Å². The van der Waals surface area contributed by atoms with E-state index in [0.717, 1.165) is 16.8 Å². The summed E-state index contributed by atoms with van der Waals surface area (Å²) in [5, 5.41) is 12.8. The molecule has 21 heavy (non-hydrogen) atoms. The molecule has 1 aromatic rings. The molecular formula is C11H14FN5O4. The van der Waals surface area contributed by atoms with Gasteiger partial charge in [0, 0.05) is 23.1 Å². The molecule has 0 spiro atoms. The van der Waals surface area contributed by atoms with E-state index in [1.165, 1.54) is 6.92 Å². The smallest absolute Gasteiger partial charge is 0.330 e. The third-order valence-corrected chi connectivity index (χ3v) is 3.73. The lowest BCUT2D eigenvalue weighted by atomic mass is 9.88. The summed E-state index contributed by atoms with van der Waals surface area (Å²) in [6.45, 7) is 0.656. The molecule has 2 heterocycles. The number of halogens is 1. The van der Waals surface area contributed by atoms with Gasteiger partial charge in [-0.3, -0.25) is 14.3 Å². The van der Waals surface area contributed by atoms with E-state index in [-0.39, 0.29) is 6.54 Å². The Kier molecular flexibility index (Phi) is 4.12. The van der Waals surface area contributed by atoms with E-state index >= 15 is 0 Å². The first kappa shape index (κ1) is 15.2. The number of hydrogen-bond donors (Lipinski definition) is 2. The van der Waals surface area contributed by atoms with Crippen LogP contribution in [0.2, 0.25) is 0 Å². The number of aromatic nitrogens is 2. The molecule has 9 nitrogen and oxygen atoms in total. The molecule has 0 unspecified atom stereocenters. The summed E-state index contributed by atoms with van der Waals surface area (Å²) in [4.78, 5) is 27.3. The fraction of sp³-hybridized carbons (Fsp3) is 0.636. The number of aromatic amines is 1. The largest absolute Gasteiger partial charge is 0.393 e. The molecule has 1 aliphatic rings. The lowest BCUT2D eigenvalue weighted by Crippen LogP contribution is -2.43. The van der Waals surface area contributed by atoms with Crippen LogP contribution >= 0.6 is 0 Å². The van der Waals surface area contributed by atoms with Crippen molar-refractivity contribution >= 4 is 0 Å². The minimum atomic E-state index is -1.62. The predicted molar refractivity (Wildman–Crippen MR) is 69.3 cm³/mol. The van der Waals surface area contributed by atoms with E-state index in [2.05, 4.69) is 10.0 Å². The second-order valence-corrected chi connectivity index (χ2v) is 4.87. The highest BCUT2D eigenvalue weighted by atomic mass is 19.1. The van der Waals surface area contributed by atoms with Crippen molar-refractivity contribution < 1.29 is 14.2 Å². The molecule has 1 aliphatic heterocycles. The van der Waals surface area contributed by atoms with Gasteiger partial charge in [-0.15, -0.1) is 0 Å². The van der Waals surface area contributed by atoms with E-state index in [1.807, 2.05) is 4.98 Å². The summed E-state index contributed by atoms with van der Waals surface area (Å²) in [5.41, 5.74) is 5.54. The number of azide groups is 1. The van der Waals surface area contributed by atoms with Gasteiger partial charge in [0.15, 0.2) is 12.4 Å². The van der Waals surface area contributed by atoms with Crippen molar-refractivity contribution in [3.63, 3.8) is 0 Å². The summed E-state index contributed by atoms with van der Waals surface area (Å²) in [6, 6.07) is 1.06. The Bertz CT molecular complexity index is 682. The van der Waals surface area contributed by atoms with Gasteiger partial charge in [-0.2, -0.15) is 0 Å². The zero-order valence-corrected chi connectivity index (χ0v) is 11.1. The number of rotatable bonds is 4. The van der Waals surface area contributed by atoms with Crippen LogP contribution in [-0.4, -0.2) is 39.6 Å². The van der Waals surface area contributed by atoms with Gasteiger partial charge in [0.1, 0.15) is 5.60 Å². The first-order valence-corrected chi connectivity index (χ1v) is 6.20. The molecule has 0 aromatic carbocycles. The standard InChI is InChI=1S/C11H14FN5O4/c1-6-8(12)9(17-3-2-7(19)15-10(17)20)21-11(6,5-18)4-14-16-13/h2-3,6,8-9,18H,4-5H2,1H3,(H,15,19,20)/t6-,8-,9+,11+/m0/s1. The quantitative estimate of drug-likeness (QED) is 0.462. The third kappa shape index (κ3) is 2.56. The van der Waals surface area contributed by atoms with Gasteiger partial charge in [-0.1, -0.05) is 12.0 Å². The number of hydrogen-bond acceptors (Lipinski definition) is 5. The SMILES string of the molecule is C[C@H]1[C@H](F)[C@H](n2ccc(=O)[nH]c2=O)O[C@@]1(CO)CN=[N+]=[N-]. The average Bonchev–Trinajstić information content (AvgIpc) is 2.71. The number of nitrogens with zero attached hydrogens (tertiary/aromatic N) is 4. The highest BCUT2D eigenvalue weighted by Crippen LogP contribution is 2.42. The van der Waals surface area contributed by atoms with Crippen molar-refractivity contribution in [1.82, 2.24) is 9.55 Å². The minimum Gasteiger partial charge on any atom is -0.393 e. The van der Waals surface area contributed by atoms with Crippen molar-refractivity contribution in [2.24, 2.45) is 11.0 Å². The van der Waals surface area contributed by atoms with Crippen molar-refractivity contribution in [1.29, 1.82) is 0 Å². The van der Waals surface area contributed by atoms with Crippen LogP contribution in [0.25, 0.3) is 10.4 Å². The molecule has 1 aromatic heterocycles. The van der Waals surface area contributed by atoms with E-state index in [4.69, 9.17) is 10.3 Å². The highest BCUT2D eigenvalue weighted by molar-refractivity contribution is 5.01. The van der Waals surface area contributed by atoms with Gasteiger partial charge in [0.2, 0.25) is 0 Å². The molecule has 0 bridgehead atoms. The van der Waals surface area contributed by atoms with Gasteiger partial charge < -0.3 is 9.84 Å². The molecule has 4 atom stereocenters. The van der Waals surface area contributed by atoms with Crippen molar-refractivity contribution in [2.75, 3.05) is 13.2 Å². The summed E-state index contributed by atoms with van der Waals surface area (Å²) in [6.07, 6.45) is -1.81. The van der Waals surface area contributed by atoms with Gasteiger partial charge >= 0.3 is 5.69 Å². The van der Waals surface area contributed by atoms with Crippen LogP contribution < -0.4 is 11.2 Å². The molecule has 2 rings (SSSR count). The molecule has 1 saturated heterocycles. The minimum absolute atomic E-state index is 0.268. The van der Waals surface area contributed by atoms with Crippen molar-refractivity contribution in [3.8, 4) is 0 Å². The number of alkyl halides is 1. The van der Waals surface area contributed by atoms with E-state index < -0.39 is 41.8 Å². The Balaban J connectivity index is 2.41. The van der Waals surface area contributed by atoms with Crippen LogP contribution in [-0.2, 0) is 4.74 Å². The van der Waals surface area contributed by atoms with Gasteiger partial charge in [-0.05, 0) is 5.53 Å². The molecule has 10 heteroatoms. The average molecular weight is 299 g/mol. The number of aliphatic hydroxyl groups excluding tert-OH is 1. The lowest BCUT2D eigenvalue weighted by molar-refractivity contribution is -0.108. The molecule has 0 aliphatic carbocycles. The van der Waals surface area contributed by atoms with E-state index in [1.54, 1.807) is 0 Å². The van der Waals surface area contributed by atoms with Crippen LogP contribution in [0.1, 0.15) is 13.2 Å². The van der Waals surface area contributed by atoms with Crippen LogP contribution in [0.3, 0.4) is 0 Å². The summed E-state index contributed by atoms with van der Waals surface area (Å²) in [5.74, 6) is -0.808. The molecule has 1 fully saturated rings. The highest BCUT2D eigenvalue weighted by Gasteiger charge is 2.53. The Morgan fingerprint density at radius 1 is 1.67 bits per heavy atom. The Morgan fingerprint density at radius 3 is 2.95 bits per heavy atom. The molecular weight excluding hydrogens is 285 g/mol. The van der Waals surface area contributed by atoms with Crippen LogP contribution in [0, 0.1) is 5.92 Å². The van der Waals surface area contributed by atoms with Crippen LogP contribution in [0.15, 0.2) is 27.0 Å². The maximum Gasteiger partial charge on any atom is 0.330 e. The summed E-state index contributed by atoms with van der Waals surface area (Å²) < 4.78 is 20.8. The number of aliphatic hydroxyl groups is 1. The predicted octanol–water partition coefficient (Wildman–Crippen LogP) is 0.0810. The number of nitrogens with one attached hydrogen (secondary N) is 1. The lowest BCUT2D eigenvalue weighted by Gasteiger charge is -2.28. The maximum absolute atomic E-state index is 14.4. The van der Waals surface area contributed by atoms with Crippen LogP contribution in [0.4, 0.5) is 4.39 Å².